The van der Waals surface area contributed by atoms with Crippen molar-refractivity contribution in [3.8, 4) is 0 Å². The van der Waals surface area contributed by atoms with E-state index in [1.165, 1.54) is 24.8 Å². The molecule has 8 heteroatoms. The summed E-state index contributed by atoms with van der Waals surface area (Å²) in [6, 6.07) is 10.5. The minimum absolute atomic E-state index is 0.124. The number of nitrogens with two attached hydrogens (primary N) is 1. The molecule has 1 aromatic carbocycles. The van der Waals surface area contributed by atoms with Gasteiger partial charge in [-0.05, 0) is 36.4 Å². The highest BCUT2D eigenvalue weighted by Gasteiger charge is 2.11. The van der Waals surface area contributed by atoms with Crippen molar-refractivity contribution in [1.29, 1.82) is 0 Å². The van der Waals surface area contributed by atoms with Crippen molar-refractivity contribution < 1.29 is 13.2 Å². The fourth-order valence-electron chi connectivity index (χ4n) is 1.44. The van der Waals surface area contributed by atoms with E-state index in [0.717, 1.165) is 26.1 Å². The van der Waals surface area contributed by atoms with Crippen LogP contribution in [0.4, 0.5) is 5.69 Å². The molecule has 2 rings (SSSR count). The zero-order chi connectivity index (χ0) is 14.8. The van der Waals surface area contributed by atoms with Gasteiger partial charge in [0.1, 0.15) is 4.21 Å². The van der Waals surface area contributed by atoms with Crippen molar-refractivity contribution in [1.82, 2.24) is 0 Å². The Labute approximate surface area is 125 Å². The molecule has 3 N–H and O–H groups in total. The normalized spacial score (nSPS) is 11.3. The molecular formula is C12H12N2O3S3. The highest BCUT2D eigenvalue weighted by Crippen LogP contribution is 2.35. The number of carbonyl (C=O) groups is 1. The molecule has 0 aliphatic carbocycles. The van der Waals surface area contributed by atoms with Crippen LogP contribution in [-0.4, -0.2) is 14.3 Å². The Hall–Kier alpha value is -1.35. The van der Waals surface area contributed by atoms with Crippen LogP contribution in [-0.2, 0) is 14.8 Å². The second-order valence-electron chi connectivity index (χ2n) is 3.93. The number of sulfonamides is 1. The lowest BCUT2D eigenvalue weighted by Gasteiger charge is -2.03. The standard InChI is InChI=1S/C12H12N2O3S3/c1-8(15)14-9-2-4-10(5-3-9)18-11-6-7-12(19-11)20(13,16)17/h2-7H,1H3,(H,14,15)(H2,13,16,17). The molecule has 0 atom stereocenters. The molecule has 1 aromatic heterocycles. The van der Waals surface area contributed by atoms with Gasteiger partial charge in [0, 0.05) is 17.5 Å². The first-order valence-electron chi connectivity index (χ1n) is 5.53. The van der Waals surface area contributed by atoms with Crippen LogP contribution in [0.3, 0.4) is 0 Å². The molecule has 5 nitrogen and oxygen atoms in total. The SMILES string of the molecule is CC(=O)Nc1ccc(Sc2ccc(S(N)(=O)=O)s2)cc1. The van der Waals surface area contributed by atoms with E-state index < -0.39 is 10.0 Å². The molecule has 20 heavy (non-hydrogen) atoms. The number of rotatable bonds is 4. The molecular weight excluding hydrogens is 316 g/mol. The van der Waals surface area contributed by atoms with E-state index in [2.05, 4.69) is 5.32 Å². The highest BCUT2D eigenvalue weighted by molar-refractivity contribution is 8.01. The van der Waals surface area contributed by atoms with Gasteiger partial charge in [-0.2, -0.15) is 0 Å². The van der Waals surface area contributed by atoms with Crippen LogP contribution in [0.5, 0.6) is 0 Å². The van der Waals surface area contributed by atoms with Gasteiger partial charge in [-0.15, -0.1) is 11.3 Å². The molecule has 106 valence electrons. The number of benzene rings is 1. The Morgan fingerprint density at radius 1 is 1.20 bits per heavy atom. The Bertz CT molecular complexity index is 721. The van der Waals surface area contributed by atoms with Crippen molar-refractivity contribution in [3.05, 3.63) is 36.4 Å². The maximum atomic E-state index is 11.2. The predicted octanol–water partition coefficient (Wildman–Crippen LogP) is 2.51. The molecule has 0 aliphatic heterocycles. The quantitative estimate of drug-likeness (QED) is 0.902. The lowest BCUT2D eigenvalue weighted by Crippen LogP contribution is -2.09. The molecule has 0 spiro atoms. The van der Waals surface area contributed by atoms with Gasteiger partial charge in [-0.25, -0.2) is 13.6 Å². The van der Waals surface area contributed by atoms with Gasteiger partial charge < -0.3 is 5.32 Å². The second-order valence-corrected chi connectivity index (χ2v) is 8.17. The number of hydrogen-bond acceptors (Lipinski definition) is 5. The van der Waals surface area contributed by atoms with Crippen LogP contribution in [0.1, 0.15) is 6.92 Å². The summed E-state index contributed by atoms with van der Waals surface area (Å²) in [5, 5.41) is 7.74. The van der Waals surface area contributed by atoms with Gasteiger partial charge in [0.2, 0.25) is 15.9 Å². The minimum atomic E-state index is -3.64. The van der Waals surface area contributed by atoms with Crippen LogP contribution in [0.15, 0.2) is 49.7 Å². The fourth-order valence-corrected chi connectivity index (χ4v) is 4.42. The average molecular weight is 328 g/mol. The molecule has 0 saturated carbocycles. The van der Waals surface area contributed by atoms with E-state index in [1.807, 2.05) is 12.1 Å². The van der Waals surface area contributed by atoms with Crippen LogP contribution < -0.4 is 10.5 Å². The Balaban J connectivity index is 2.10. The molecule has 0 bridgehead atoms. The lowest BCUT2D eigenvalue weighted by atomic mass is 10.3. The van der Waals surface area contributed by atoms with Crippen molar-refractivity contribution >= 4 is 44.7 Å². The summed E-state index contributed by atoms with van der Waals surface area (Å²) >= 11 is 2.57. The van der Waals surface area contributed by atoms with Crippen molar-refractivity contribution in [2.75, 3.05) is 5.32 Å². The van der Waals surface area contributed by atoms with Gasteiger partial charge in [0.05, 0.1) is 4.21 Å². The Morgan fingerprint density at radius 3 is 2.35 bits per heavy atom. The second kappa shape index (κ2) is 5.96. The molecule has 1 heterocycles. The van der Waals surface area contributed by atoms with Crippen molar-refractivity contribution in [2.45, 2.75) is 20.2 Å². The molecule has 0 saturated heterocycles. The molecule has 0 aliphatic rings. The number of nitrogens with one attached hydrogen (secondary N) is 1. The van der Waals surface area contributed by atoms with Gasteiger partial charge >= 0.3 is 0 Å². The predicted molar refractivity (Wildman–Crippen MR) is 80.6 cm³/mol. The van der Waals surface area contributed by atoms with Crippen LogP contribution >= 0.6 is 23.1 Å². The van der Waals surface area contributed by atoms with E-state index in [9.17, 15) is 13.2 Å². The number of thiophene rings is 1. The molecule has 2 aromatic rings. The number of anilines is 1. The van der Waals surface area contributed by atoms with Crippen LogP contribution in [0.2, 0.25) is 0 Å². The third-order valence-electron chi connectivity index (χ3n) is 2.23. The van der Waals surface area contributed by atoms with E-state index in [0.29, 0.717) is 0 Å². The van der Waals surface area contributed by atoms with E-state index >= 15 is 0 Å². The topological polar surface area (TPSA) is 89.3 Å². The zero-order valence-corrected chi connectivity index (χ0v) is 12.9. The van der Waals surface area contributed by atoms with Crippen molar-refractivity contribution in [3.63, 3.8) is 0 Å². The van der Waals surface area contributed by atoms with E-state index in [-0.39, 0.29) is 10.1 Å². The first kappa shape index (κ1) is 15.0. The summed E-state index contributed by atoms with van der Waals surface area (Å²) in [6.07, 6.45) is 0. The van der Waals surface area contributed by atoms with Gasteiger partial charge in [-0.3, -0.25) is 4.79 Å². The van der Waals surface area contributed by atoms with Crippen molar-refractivity contribution in [2.24, 2.45) is 5.14 Å². The van der Waals surface area contributed by atoms with Gasteiger partial charge in [0.25, 0.3) is 0 Å². The number of primary sulfonamides is 1. The summed E-state index contributed by atoms with van der Waals surface area (Å²) in [7, 11) is -3.64. The maximum absolute atomic E-state index is 11.2. The minimum Gasteiger partial charge on any atom is -0.326 e. The smallest absolute Gasteiger partial charge is 0.247 e. The average Bonchev–Trinajstić information content (AvgIpc) is 2.79. The molecule has 1 amide bonds. The molecule has 0 unspecified atom stereocenters. The fraction of sp³-hybridized carbons (Fsp3) is 0.0833. The largest absolute Gasteiger partial charge is 0.326 e. The lowest BCUT2D eigenvalue weighted by molar-refractivity contribution is -0.114. The monoisotopic (exact) mass is 328 g/mol. The van der Waals surface area contributed by atoms with Crippen LogP contribution in [0, 0.1) is 0 Å². The summed E-state index contributed by atoms with van der Waals surface area (Å²) in [4.78, 5) is 11.8. The van der Waals surface area contributed by atoms with Gasteiger partial charge in [-0.1, -0.05) is 11.8 Å². The summed E-state index contributed by atoms with van der Waals surface area (Å²) in [5.41, 5.74) is 0.721. The third kappa shape index (κ3) is 4.07. The Morgan fingerprint density at radius 2 is 1.85 bits per heavy atom. The summed E-state index contributed by atoms with van der Waals surface area (Å²) in [6.45, 7) is 1.45. The number of carbonyl (C=O) groups excluding carboxylic acids is 1. The summed E-state index contributed by atoms with van der Waals surface area (Å²) < 4.78 is 23.4. The first-order valence-corrected chi connectivity index (χ1v) is 8.71. The van der Waals surface area contributed by atoms with E-state index in [1.54, 1.807) is 18.2 Å². The highest BCUT2D eigenvalue weighted by atomic mass is 32.3. The van der Waals surface area contributed by atoms with Crippen LogP contribution in [0.25, 0.3) is 0 Å². The van der Waals surface area contributed by atoms with Gasteiger partial charge in [0.15, 0.2) is 0 Å². The first-order chi connectivity index (χ1) is 9.34. The molecule has 0 fully saturated rings. The number of amides is 1. The summed E-state index contributed by atoms with van der Waals surface area (Å²) in [5.74, 6) is -0.124. The number of hydrogen-bond donors (Lipinski definition) is 2. The molecule has 0 radical (unpaired) electrons. The zero-order valence-electron chi connectivity index (χ0n) is 10.5. The third-order valence-corrected chi connectivity index (χ3v) is 5.89. The van der Waals surface area contributed by atoms with E-state index in [4.69, 9.17) is 5.14 Å². The maximum Gasteiger partial charge on any atom is 0.247 e. The Kier molecular flexibility index (Phi) is 4.48.